The molecule has 2 aromatic heterocycles. The molecule has 4 rings (SSSR count). The highest BCUT2D eigenvalue weighted by molar-refractivity contribution is 7.17. The van der Waals surface area contributed by atoms with Crippen molar-refractivity contribution in [1.82, 2.24) is 14.9 Å². The quantitative estimate of drug-likeness (QED) is 0.655. The Labute approximate surface area is 171 Å². The number of H-pyrrole nitrogens is 1. The molecule has 1 aliphatic rings. The van der Waals surface area contributed by atoms with Crippen LogP contribution in [0.5, 0.6) is 0 Å². The highest BCUT2D eigenvalue weighted by atomic mass is 35.5. The second-order valence-corrected chi connectivity index (χ2v) is 8.16. The second kappa shape index (κ2) is 8.03. The number of carbonyl (C=O) groups excluding carboxylic acids is 1. The minimum Gasteiger partial charge on any atom is -0.469 e. The van der Waals surface area contributed by atoms with Gasteiger partial charge in [-0.15, -0.1) is 11.3 Å². The Balaban J connectivity index is 1.56. The lowest BCUT2D eigenvalue weighted by Crippen LogP contribution is -2.37. The highest BCUT2D eigenvalue weighted by Crippen LogP contribution is 2.34. The third kappa shape index (κ3) is 3.70. The Morgan fingerprint density at radius 2 is 2.07 bits per heavy atom. The molecule has 0 amide bonds. The predicted octanol–water partition coefficient (Wildman–Crippen LogP) is 3.69. The molecule has 6 nitrogen and oxygen atoms in total. The molecule has 0 saturated carbocycles. The number of hydrogen-bond acceptors (Lipinski definition) is 6. The van der Waals surface area contributed by atoms with Crippen LogP contribution in [0.3, 0.4) is 0 Å². The summed E-state index contributed by atoms with van der Waals surface area (Å²) >= 11 is 7.75. The number of nitrogens with zero attached hydrogens (tertiary/aromatic N) is 2. The van der Waals surface area contributed by atoms with Gasteiger partial charge in [0.25, 0.3) is 5.56 Å². The molecular weight excluding hydrogens is 398 g/mol. The van der Waals surface area contributed by atoms with Crippen molar-refractivity contribution in [3.05, 3.63) is 50.8 Å². The average molecular weight is 418 g/mol. The second-order valence-electron chi connectivity index (χ2n) is 6.90. The fourth-order valence-electron chi connectivity index (χ4n) is 3.65. The minimum absolute atomic E-state index is 0.0359. The van der Waals surface area contributed by atoms with Gasteiger partial charge >= 0.3 is 5.97 Å². The van der Waals surface area contributed by atoms with E-state index in [4.69, 9.17) is 16.3 Å². The summed E-state index contributed by atoms with van der Waals surface area (Å²) in [6.45, 7) is 2.10. The van der Waals surface area contributed by atoms with Gasteiger partial charge in [-0.1, -0.05) is 29.8 Å². The molecule has 0 bridgehead atoms. The number of methoxy groups -OCH3 is 1. The molecule has 1 aromatic carbocycles. The lowest BCUT2D eigenvalue weighted by atomic mass is 9.97. The van der Waals surface area contributed by atoms with E-state index in [0.29, 0.717) is 27.6 Å². The summed E-state index contributed by atoms with van der Waals surface area (Å²) in [5, 5.41) is 3.12. The van der Waals surface area contributed by atoms with Crippen LogP contribution in [0, 0.1) is 5.92 Å². The number of hydrogen-bond donors (Lipinski definition) is 1. The number of benzene rings is 1. The first-order valence-corrected chi connectivity index (χ1v) is 10.4. The predicted molar refractivity (Wildman–Crippen MR) is 111 cm³/mol. The third-order valence-corrected chi connectivity index (χ3v) is 6.35. The van der Waals surface area contributed by atoms with Crippen LogP contribution in [-0.2, 0) is 16.1 Å². The van der Waals surface area contributed by atoms with Crippen molar-refractivity contribution in [2.75, 3.05) is 20.2 Å². The van der Waals surface area contributed by atoms with Crippen molar-refractivity contribution in [3.8, 4) is 11.1 Å². The maximum atomic E-state index is 12.8. The van der Waals surface area contributed by atoms with Crippen LogP contribution in [0.25, 0.3) is 21.3 Å². The maximum Gasteiger partial charge on any atom is 0.308 e. The first kappa shape index (κ1) is 19.1. The Bertz CT molecular complexity index is 1070. The number of fused-ring (bicyclic) bond motifs is 1. The van der Waals surface area contributed by atoms with Gasteiger partial charge in [0.05, 0.1) is 25.0 Å². The van der Waals surface area contributed by atoms with Crippen molar-refractivity contribution in [2.24, 2.45) is 5.92 Å². The summed E-state index contributed by atoms with van der Waals surface area (Å²) < 4.78 is 4.83. The zero-order chi connectivity index (χ0) is 19.7. The molecule has 28 heavy (non-hydrogen) atoms. The van der Waals surface area contributed by atoms with Crippen LogP contribution >= 0.6 is 22.9 Å². The number of piperidine rings is 1. The summed E-state index contributed by atoms with van der Waals surface area (Å²) in [4.78, 5) is 34.9. The van der Waals surface area contributed by atoms with Crippen molar-refractivity contribution >= 4 is 39.1 Å². The molecule has 3 heterocycles. The molecule has 0 spiro atoms. The molecule has 8 heteroatoms. The molecular formula is C20H20ClN3O3S. The van der Waals surface area contributed by atoms with Gasteiger partial charge in [0, 0.05) is 21.5 Å². The molecule has 1 saturated heterocycles. The molecule has 0 unspecified atom stereocenters. The number of likely N-dealkylation sites (tertiary alicyclic amines) is 1. The van der Waals surface area contributed by atoms with E-state index < -0.39 is 0 Å². The van der Waals surface area contributed by atoms with Gasteiger partial charge in [0.1, 0.15) is 10.7 Å². The summed E-state index contributed by atoms with van der Waals surface area (Å²) in [7, 11) is 1.43. The number of rotatable bonds is 4. The Hall–Kier alpha value is -2.22. The van der Waals surface area contributed by atoms with Crippen molar-refractivity contribution in [1.29, 1.82) is 0 Å². The first-order valence-electron chi connectivity index (χ1n) is 9.12. The smallest absolute Gasteiger partial charge is 0.308 e. The van der Waals surface area contributed by atoms with Gasteiger partial charge in [-0.05, 0) is 32.0 Å². The van der Waals surface area contributed by atoms with E-state index in [1.54, 1.807) is 0 Å². The number of aromatic nitrogens is 2. The fourth-order valence-corrected chi connectivity index (χ4v) is 4.85. The third-order valence-electron chi connectivity index (χ3n) is 5.15. The lowest BCUT2D eigenvalue weighted by Gasteiger charge is -2.30. The van der Waals surface area contributed by atoms with Crippen LogP contribution in [0.15, 0.2) is 34.4 Å². The number of nitrogens with one attached hydrogen (secondary N) is 1. The Morgan fingerprint density at radius 3 is 2.79 bits per heavy atom. The molecule has 0 aliphatic carbocycles. The Kier molecular flexibility index (Phi) is 5.48. The van der Waals surface area contributed by atoms with Crippen LogP contribution in [0.4, 0.5) is 0 Å². The van der Waals surface area contributed by atoms with Gasteiger partial charge < -0.3 is 9.72 Å². The summed E-state index contributed by atoms with van der Waals surface area (Å²) in [5.74, 6) is 0.464. The standard InChI is InChI=1S/C20H20ClN3O3S/c1-27-20(26)12-6-8-24(9-7-12)10-16-22-18(25)17-14(11-28-19(17)23-16)13-4-2-3-5-15(13)21/h2-5,11-12H,6-10H2,1H3,(H,22,23,25). The van der Waals surface area contributed by atoms with E-state index >= 15 is 0 Å². The van der Waals surface area contributed by atoms with Crippen LogP contribution in [0.2, 0.25) is 5.02 Å². The SMILES string of the molecule is COC(=O)C1CCN(Cc2nc3scc(-c4ccccc4Cl)c3c(=O)[nH]2)CC1. The number of thiophene rings is 1. The fraction of sp³-hybridized carbons (Fsp3) is 0.350. The largest absolute Gasteiger partial charge is 0.469 e. The van der Waals surface area contributed by atoms with Crippen LogP contribution in [0.1, 0.15) is 18.7 Å². The monoisotopic (exact) mass is 417 g/mol. The lowest BCUT2D eigenvalue weighted by molar-refractivity contribution is -0.147. The normalized spacial score (nSPS) is 15.8. The zero-order valence-corrected chi connectivity index (χ0v) is 17.0. The van der Waals surface area contributed by atoms with E-state index in [1.807, 2.05) is 29.6 Å². The van der Waals surface area contributed by atoms with E-state index in [1.165, 1.54) is 18.4 Å². The number of esters is 1. The maximum absolute atomic E-state index is 12.8. The van der Waals surface area contributed by atoms with Gasteiger partial charge in [-0.2, -0.15) is 0 Å². The van der Waals surface area contributed by atoms with Crippen molar-refractivity contribution in [2.45, 2.75) is 19.4 Å². The molecule has 0 atom stereocenters. The van der Waals surface area contributed by atoms with Gasteiger partial charge in [0.15, 0.2) is 0 Å². The average Bonchev–Trinajstić information content (AvgIpc) is 3.12. The number of halogens is 1. The van der Waals surface area contributed by atoms with E-state index in [0.717, 1.165) is 37.1 Å². The summed E-state index contributed by atoms with van der Waals surface area (Å²) in [5.41, 5.74) is 1.49. The molecule has 146 valence electrons. The summed E-state index contributed by atoms with van der Waals surface area (Å²) in [6.07, 6.45) is 1.52. The number of aromatic amines is 1. The minimum atomic E-state index is -0.152. The highest BCUT2D eigenvalue weighted by Gasteiger charge is 2.26. The van der Waals surface area contributed by atoms with E-state index in [9.17, 15) is 9.59 Å². The van der Waals surface area contributed by atoms with Crippen molar-refractivity contribution in [3.63, 3.8) is 0 Å². The summed E-state index contributed by atoms with van der Waals surface area (Å²) in [6, 6.07) is 7.49. The van der Waals surface area contributed by atoms with Gasteiger partial charge in [-0.25, -0.2) is 4.98 Å². The number of carbonyl (C=O) groups is 1. The molecule has 1 fully saturated rings. The molecule has 1 N–H and O–H groups in total. The molecule has 3 aromatic rings. The Morgan fingerprint density at radius 1 is 1.32 bits per heavy atom. The molecule has 0 radical (unpaired) electrons. The van der Waals surface area contributed by atoms with Crippen LogP contribution in [-0.4, -0.2) is 41.0 Å². The van der Waals surface area contributed by atoms with Gasteiger partial charge in [0.2, 0.25) is 0 Å². The van der Waals surface area contributed by atoms with Gasteiger partial charge in [-0.3, -0.25) is 14.5 Å². The van der Waals surface area contributed by atoms with Crippen molar-refractivity contribution < 1.29 is 9.53 Å². The number of ether oxygens (including phenoxy) is 1. The van der Waals surface area contributed by atoms with E-state index in [2.05, 4.69) is 14.9 Å². The molecule has 1 aliphatic heterocycles. The zero-order valence-electron chi connectivity index (χ0n) is 15.4. The topological polar surface area (TPSA) is 75.3 Å². The van der Waals surface area contributed by atoms with Crippen LogP contribution < -0.4 is 5.56 Å². The van der Waals surface area contributed by atoms with E-state index in [-0.39, 0.29) is 17.4 Å². The first-order chi connectivity index (χ1) is 13.6.